The molecule has 0 saturated heterocycles. The molecule has 4 atom stereocenters. The summed E-state index contributed by atoms with van der Waals surface area (Å²) >= 11 is 3.41. The summed E-state index contributed by atoms with van der Waals surface area (Å²) in [7, 11) is 0. The van der Waals surface area contributed by atoms with Crippen molar-refractivity contribution in [3.8, 4) is 9.75 Å². The Morgan fingerprint density at radius 1 is 0.500 bits per heavy atom. The Labute approximate surface area is 328 Å². The monoisotopic (exact) mass is 754 g/mol. The molecule has 2 aliphatic carbocycles. The maximum absolute atomic E-state index is 13.3. The zero-order valence-electron chi connectivity index (χ0n) is 33.0. The smallest absolute Gasteiger partial charge is 0.184 e. The number of Topliss-reactive ketones (excluding diaryl/α,β-unsaturated/α-hetero) is 2. The fourth-order valence-corrected chi connectivity index (χ4v) is 9.04. The van der Waals surface area contributed by atoms with Crippen molar-refractivity contribution >= 4 is 45.6 Å². The number of carbonyl (C=O) groups is 2. The van der Waals surface area contributed by atoms with Crippen molar-refractivity contribution in [3.63, 3.8) is 0 Å². The van der Waals surface area contributed by atoms with Crippen molar-refractivity contribution in [2.75, 3.05) is 0 Å². The Bertz CT molecular complexity index is 2070. The van der Waals surface area contributed by atoms with E-state index in [4.69, 9.17) is 20.5 Å². The second kappa shape index (κ2) is 15.6. The lowest BCUT2D eigenvalue weighted by Gasteiger charge is -2.29. The molecule has 0 fully saturated rings. The van der Waals surface area contributed by atoms with E-state index in [1.807, 2.05) is 74.5 Å². The summed E-state index contributed by atoms with van der Waals surface area (Å²) in [5.74, 6) is -0.0689. The summed E-state index contributed by atoms with van der Waals surface area (Å²) in [5.41, 5.74) is 6.42. The molecular formula is C46H50N4O2S2. The Morgan fingerprint density at radius 2 is 0.852 bits per heavy atom. The number of thiophene rings is 2. The first-order valence-corrected chi connectivity index (χ1v) is 20.2. The van der Waals surface area contributed by atoms with Crippen LogP contribution in [-0.2, 0) is 9.59 Å². The molecule has 2 heterocycles. The lowest BCUT2D eigenvalue weighted by molar-refractivity contribution is -0.114. The van der Waals surface area contributed by atoms with E-state index >= 15 is 0 Å². The molecule has 2 aromatic heterocycles. The molecule has 4 unspecified atom stereocenters. The second-order valence-corrected chi connectivity index (χ2v) is 18.8. The van der Waals surface area contributed by atoms with Gasteiger partial charge in [0.05, 0.1) is 11.4 Å². The van der Waals surface area contributed by atoms with Crippen LogP contribution in [0.3, 0.4) is 0 Å². The molecule has 0 bridgehead atoms. The fourth-order valence-electron chi connectivity index (χ4n) is 6.75. The average molecular weight is 755 g/mol. The highest BCUT2D eigenvalue weighted by molar-refractivity contribution is 7.22. The minimum Gasteiger partial charge on any atom is -0.289 e. The van der Waals surface area contributed by atoms with E-state index in [0.717, 1.165) is 53.2 Å². The van der Waals surface area contributed by atoms with Gasteiger partial charge < -0.3 is 0 Å². The fraction of sp³-hybridized carbons (Fsp3) is 0.348. The van der Waals surface area contributed by atoms with Gasteiger partial charge in [0.2, 0.25) is 0 Å². The predicted octanol–water partition coefficient (Wildman–Crippen LogP) is 14.0. The number of ketones is 2. The second-order valence-electron chi connectivity index (χ2n) is 16.6. The predicted molar refractivity (Wildman–Crippen MR) is 224 cm³/mol. The lowest BCUT2D eigenvalue weighted by Crippen LogP contribution is -2.24. The van der Waals surface area contributed by atoms with Gasteiger partial charge >= 0.3 is 0 Å². The first kappa shape index (κ1) is 39.0. The quantitative estimate of drug-likeness (QED) is 0.159. The number of azo groups is 2. The van der Waals surface area contributed by atoms with E-state index in [-0.39, 0.29) is 46.3 Å². The summed E-state index contributed by atoms with van der Waals surface area (Å²) < 4.78 is 0. The lowest BCUT2D eigenvalue weighted by atomic mass is 9.75. The van der Waals surface area contributed by atoms with Gasteiger partial charge in [-0.2, -0.15) is 20.5 Å². The molecule has 0 N–H and O–H groups in total. The van der Waals surface area contributed by atoms with Gasteiger partial charge in [-0.15, -0.1) is 22.7 Å². The van der Waals surface area contributed by atoms with Gasteiger partial charge in [0.15, 0.2) is 11.6 Å². The van der Waals surface area contributed by atoms with Gasteiger partial charge in [-0.25, -0.2) is 0 Å². The molecule has 0 radical (unpaired) electrons. The van der Waals surface area contributed by atoms with Crippen LogP contribution in [-0.4, -0.2) is 11.6 Å². The van der Waals surface area contributed by atoms with E-state index < -0.39 is 0 Å². The van der Waals surface area contributed by atoms with Crippen molar-refractivity contribution in [3.05, 3.63) is 140 Å². The molecular weight excluding hydrogens is 705 g/mol. The Kier molecular flexibility index (Phi) is 11.3. The zero-order chi connectivity index (χ0) is 38.9. The molecule has 278 valence electrons. The van der Waals surface area contributed by atoms with E-state index in [1.165, 1.54) is 11.1 Å². The number of rotatable bonds is 9. The summed E-state index contributed by atoms with van der Waals surface area (Å²) in [6.07, 6.45) is 8.30. The first-order valence-electron chi connectivity index (χ1n) is 18.5. The maximum Gasteiger partial charge on any atom is 0.184 e. The van der Waals surface area contributed by atoms with Crippen LogP contribution in [0.1, 0.15) is 88.4 Å². The summed E-state index contributed by atoms with van der Waals surface area (Å²) in [4.78, 5) is 30.9. The minimum atomic E-state index is -0.310. The molecule has 6 nitrogen and oxygen atoms in total. The third-order valence-electron chi connectivity index (χ3n) is 9.90. The van der Waals surface area contributed by atoms with Crippen molar-refractivity contribution < 1.29 is 9.59 Å². The molecule has 0 spiro atoms. The number of carbonyl (C=O) groups excluding carboxylic acids is 2. The molecule has 6 rings (SSSR count). The van der Waals surface area contributed by atoms with Gasteiger partial charge in [0.1, 0.15) is 12.1 Å². The highest BCUT2D eigenvalue weighted by atomic mass is 32.1. The van der Waals surface area contributed by atoms with Crippen LogP contribution in [0, 0.1) is 36.5 Å². The number of nitrogens with zero attached hydrogens (tertiary/aromatic N) is 4. The summed E-state index contributed by atoms with van der Waals surface area (Å²) in [5, 5.41) is 19.3. The third-order valence-corrected chi connectivity index (χ3v) is 12.4. The highest BCUT2D eigenvalue weighted by Gasteiger charge is 2.35. The first-order chi connectivity index (χ1) is 25.5. The van der Waals surface area contributed by atoms with Crippen LogP contribution in [0.5, 0.6) is 0 Å². The Hall–Kier alpha value is -4.66. The largest absolute Gasteiger partial charge is 0.289 e. The molecule has 4 aromatic rings. The Balaban J connectivity index is 1.38. The van der Waals surface area contributed by atoms with Gasteiger partial charge in [-0.1, -0.05) is 101 Å². The molecule has 2 aromatic carbocycles. The van der Waals surface area contributed by atoms with Crippen LogP contribution in [0.25, 0.3) is 9.75 Å². The van der Waals surface area contributed by atoms with E-state index in [9.17, 15) is 9.59 Å². The van der Waals surface area contributed by atoms with E-state index in [1.54, 1.807) is 22.7 Å². The molecule has 0 saturated carbocycles. The maximum atomic E-state index is 13.3. The van der Waals surface area contributed by atoms with Crippen LogP contribution < -0.4 is 0 Å². The van der Waals surface area contributed by atoms with Gasteiger partial charge in [0, 0.05) is 42.5 Å². The number of aryl methyl sites for hydroxylation is 2. The SMILES string of the molecule is CC1=CC(C(/N=N/c2ccc(C)cc2)c2ccc(-c3ccc(C(/N=N/c4ccc(C)cc4)C4C=C(C)C(=O)C(C(C)(C)C)=C4)s3)s2)C=C(C(C)(C)C)C1=O. The molecule has 2 aliphatic rings. The number of hydrogen-bond acceptors (Lipinski definition) is 8. The van der Waals surface area contributed by atoms with E-state index in [2.05, 4.69) is 91.8 Å². The number of allylic oxidation sites excluding steroid dienone is 4. The number of benzene rings is 2. The van der Waals surface area contributed by atoms with Crippen LogP contribution in [0.4, 0.5) is 11.4 Å². The summed E-state index contributed by atoms with van der Waals surface area (Å²) in [6, 6.07) is 24.1. The standard InChI is InChI=1S/C46H50N4O2S2/c1-27-11-15-33(16-12-27)47-49-41(31-23-29(3)43(51)35(25-31)45(5,6)7)39-21-19-37(53-39)38-20-22-40(54-38)42(50-48-34-17-13-28(2)14-18-34)32-24-30(4)44(52)36(26-32)46(8,9)10/h11-26,31-32,41-42H,1-10H3/b49-47+,50-48+. The minimum absolute atomic E-state index is 0.0943. The van der Waals surface area contributed by atoms with Gasteiger partial charge in [-0.3, -0.25) is 9.59 Å². The average Bonchev–Trinajstić information content (AvgIpc) is 3.79. The van der Waals surface area contributed by atoms with Crippen molar-refractivity contribution in [1.82, 2.24) is 0 Å². The van der Waals surface area contributed by atoms with Crippen LogP contribution in [0.15, 0.2) is 140 Å². The topological polar surface area (TPSA) is 83.6 Å². The summed E-state index contributed by atoms with van der Waals surface area (Å²) in [6.45, 7) is 20.4. The highest BCUT2D eigenvalue weighted by Crippen LogP contribution is 2.46. The van der Waals surface area contributed by atoms with Crippen molar-refractivity contribution in [2.24, 2.45) is 43.1 Å². The van der Waals surface area contributed by atoms with Gasteiger partial charge in [0.25, 0.3) is 0 Å². The molecule has 8 heteroatoms. The molecule has 54 heavy (non-hydrogen) atoms. The van der Waals surface area contributed by atoms with Crippen molar-refractivity contribution in [1.29, 1.82) is 0 Å². The normalized spacial score (nSPS) is 19.5. The number of hydrogen-bond donors (Lipinski definition) is 0. The van der Waals surface area contributed by atoms with Crippen molar-refractivity contribution in [2.45, 2.75) is 81.3 Å². The van der Waals surface area contributed by atoms with Crippen LogP contribution in [0.2, 0.25) is 0 Å². The molecule has 0 amide bonds. The van der Waals surface area contributed by atoms with E-state index in [0.29, 0.717) is 0 Å². The van der Waals surface area contributed by atoms with Gasteiger partial charge in [-0.05, 0) is 98.2 Å². The third kappa shape index (κ3) is 8.82. The van der Waals surface area contributed by atoms with Crippen LogP contribution >= 0.6 is 22.7 Å². The Morgan fingerprint density at radius 3 is 1.19 bits per heavy atom. The zero-order valence-corrected chi connectivity index (χ0v) is 34.6. The molecule has 0 aliphatic heterocycles.